The summed E-state index contributed by atoms with van der Waals surface area (Å²) in [7, 11) is 3.27. The second-order valence-corrected chi connectivity index (χ2v) is 4.08. The Balaban J connectivity index is 2.59. The van der Waals surface area contributed by atoms with E-state index in [1.165, 1.54) is 18.4 Å². The molecule has 0 saturated heterocycles. The molecule has 0 spiro atoms. The second kappa shape index (κ2) is 3.09. The zero-order valence-electron chi connectivity index (χ0n) is 8.20. The highest BCUT2D eigenvalue weighted by molar-refractivity contribution is 7.20. The van der Waals surface area contributed by atoms with E-state index in [-0.39, 0.29) is 5.97 Å². The van der Waals surface area contributed by atoms with E-state index in [0.717, 1.165) is 15.9 Å². The molecule has 0 atom stereocenters. The third-order valence-electron chi connectivity index (χ3n) is 2.17. The van der Waals surface area contributed by atoms with E-state index in [0.29, 0.717) is 4.88 Å². The van der Waals surface area contributed by atoms with Gasteiger partial charge in [-0.1, -0.05) is 0 Å². The van der Waals surface area contributed by atoms with Crippen LogP contribution in [0, 0.1) is 6.92 Å². The number of fused-ring (bicyclic) bond motifs is 1. The number of ether oxygens (including phenoxy) is 1. The number of esters is 1. The molecular weight excluding hydrogens is 200 g/mol. The highest BCUT2D eigenvalue weighted by Gasteiger charge is 2.14. The van der Waals surface area contributed by atoms with Crippen LogP contribution in [0.25, 0.3) is 10.2 Å². The summed E-state index contributed by atoms with van der Waals surface area (Å²) in [6.07, 6.45) is 0. The monoisotopic (exact) mass is 210 g/mol. The standard InChI is InChI=1S/C9H10N2O2S/c1-5-8-6(10-11(5)2)4-7(14-8)9(12)13-3/h4H,1-3H3. The van der Waals surface area contributed by atoms with Crippen molar-refractivity contribution in [3.05, 3.63) is 16.6 Å². The highest BCUT2D eigenvalue weighted by Crippen LogP contribution is 2.27. The van der Waals surface area contributed by atoms with Gasteiger partial charge in [-0.3, -0.25) is 4.68 Å². The van der Waals surface area contributed by atoms with Gasteiger partial charge in [0.25, 0.3) is 0 Å². The lowest BCUT2D eigenvalue weighted by atomic mass is 10.4. The smallest absolute Gasteiger partial charge is 0.348 e. The maximum absolute atomic E-state index is 11.2. The lowest BCUT2D eigenvalue weighted by molar-refractivity contribution is 0.0606. The van der Waals surface area contributed by atoms with E-state index in [4.69, 9.17) is 0 Å². The summed E-state index contributed by atoms with van der Waals surface area (Å²) in [6, 6.07) is 1.76. The van der Waals surface area contributed by atoms with Crippen molar-refractivity contribution in [2.75, 3.05) is 7.11 Å². The van der Waals surface area contributed by atoms with Crippen LogP contribution >= 0.6 is 11.3 Å². The third-order valence-corrected chi connectivity index (χ3v) is 3.38. The van der Waals surface area contributed by atoms with Crippen molar-refractivity contribution in [3.63, 3.8) is 0 Å². The Morgan fingerprint density at radius 3 is 2.93 bits per heavy atom. The number of thiophene rings is 1. The highest BCUT2D eigenvalue weighted by atomic mass is 32.1. The van der Waals surface area contributed by atoms with Gasteiger partial charge in [-0.25, -0.2) is 4.79 Å². The largest absolute Gasteiger partial charge is 0.465 e. The Labute approximate surface area is 85.1 Å². The van der Waals surface area contributed by atoms with Gasteiger partial charge in [0.2, 0.25) is 0 Å². The molecule has 14 heavy (non-hydrogen) atoms. The summed E-state index contributed by atoms with van der Waals surface area (Å²) < 4.78 is 7.50. The number of carbonyl (C=O) groups excluding carboxylic acids is 1. The van der Waals surface area contributed by atoms with Gasteiger partial charge in [0.1, 0.15) is 10.4 Å². The van der Waals surface area contributed by atoms with E-state index in [9.17, 15) is 4.79 Å². The van der Waals surface area contributed by atoms with E-state index >= 15 is 0 Å². The first kappa shape index (κ1) is 9.21. The van der Waals surface area contributed by atoms with Crippen LogP contribution in [0.2, 0.25) is 0 Å². The number of nitrogens with zero attached hydrogens (tertiary/aromatic N) is 2. The van der Waals surface area contributed by atoms with Crippen molar-refractivity contribution in [3.8, 4) is 0 Å². The Kier molecular flexibility index (Phi) is 2.03. The van der Waals surface area contributed by atoms with E-state index in [1.54, 1.807) is 6.07 Å². The summed E-state index contributed by atoms with van der Waals surface area (Å²) in [5, 5.41) is 4.27. The van der Waals surface area contributed by atoms with Crippen molar-refractivity contribution in [2.24, 2.45) is 7.05 Å². The third kappa shape index (κ3) is 1.21. The second-order valence-electron chi connectivity index (χ2n) is 3.03. The topological polar surface area (TPSA) is 44.1 Å². The fourth-order valence-corrected chi connectivity index (χ4v) is 2.34. The van der Waals surface area contributed by atoms with E-state index in [2.05, 4.69) is 9.84 Å². The Morgan fingerprint density at radius 1 is 1.64 bits per heavy atom. The predicted molar refractivity (Wildman–Crippen MR) is 54.7 cm³/mol. The first-order valence-corrected chi connectivity index (χ1v) is 4.96. The number of hydrogen-bond donors (Lipinski definition) is 0. The number of methoxy groups -OCH3 is 1. The number of carbonyl (C=O) groups is 1. The van der Waals surface area contributed by atoms with Gasteiger partial charge in [0, 0.05) is 7.05 Å². The molecule has 0 aliphatic carbocycles. The minimum absolute atomic E-state index is 0.296. The van der Waals surface area contributed by atoms with Crippen molar-refractivity contribution in [2.45, 2.75) is 6.92 Å². The van der Waals surface area contributed by atoms with Gasteiger partial charge in [-0.05, 0) is 13.0 Å². The minimum atomic E-state index is -0.296. The fourth-order valence-electron chi connectivity index (χ4n) is 1.30. The summed E-state index contributed by atoms with van der Waals surface area (Å²) in [5.41, 5.74) is 1.93. The van der Waals surface area contributed by atoms with Gasteiger partial charge in [-0.15, -0.1) is 11.3 Å². The average Bonchev–Trinajstić information content (AvgIpc) is 2.68. The van der Waals surface area contributed by atoms with Crippen LogP contribution in [-0.4, -0.2) is 22.9 Å². The quantitative estimate of drug-likeness (QED) is 0.673. The molecule has 0 aliphatic heterocycles. The molecule has 0 unspecified atom stereocenters. The molecule has 2 aromatic heterocycles. The number of rotatable bonds is 1. The van der Waals surface area contributed by atoms with Crippen LogP contribution in [-0.2, 0) is 11.8 Å². The van der Waals surface area contributed by atoms with Crippen molar-refractivity contribution in [1.29, 1.82) is 0 Å². The van der Waals surface area contributed by atoms with Crippen LogP contribution in [0.3, 0.4) is 0 Å². The summed E-state index contributed by atoms with van der Waals surface area (Å²) in [6.45, 7) is 1.98. The number of aromatic nitrogens is 2. The molecular formula is C9H10N2O2S. The van der Waals surface area contributed by atoms with Gasteiger partial charge in [-0.2, -0.15) is 5.10 Å². The first-order valence-electron chi connectivity index (χ1n) is 4.15. The summed E-state index contributed by atoms with van der Waals surface area (Å²) >= 11 is 1.42. The molecule has 5 heteroatoms. The van der Waals surface area contributed by atoms with Crippen molar-refractivity contribution < 1.29 is 9.53 Å². The molecule has 0 bridgehead atoms. The number of aryl methyl sites for hydroxylation is 2. The maximum Gasteiger partial charge on any atom is 0.348 e. The molecule has 0 amide bonds. The molecule has 0 fully saturated rings. The Morgan fingerprint density at radius 2 is 2.36 bits per heavy atom. The van der Waals surface area contributed by atoms with E-state index < -0.39 is 0 Å². The molecule has 2 rings (SSSR count). The Bertz CT molecular complexity index is 498. The molecule has 0 saturated carbocycles. The van der Waals surface area contributed by atoms with Gasteiger partial charge >= 0.3 is 5.97 Å². The van der Waals surface area contributed by atoms with Crippen LogP contribution in [0.15, 0.2) is 6.07 Å². The molecule has 0 radical (unpaired) electrons. The predicted octanol–water partition coefficient (Wildman–Crippen LogP) is 1.73. The minimum Gasteiger partial charge on any atom is -0.465 e. The zero-order valence-corrected chi connectivity index (χ0v) is 9.01. The molecule has 2 heterocycles. The van der Waals surface area contributed by atoms with Crippen molar-refractivity contribution >= 4 is 27.5 Å². The van der Waals surface area contributed by atoms with Crippen LogP contribution in [0.5, 0.6) is 0 Å². The van der Waals surface area contributed by atoms with Crippen LogP contribution < -0.4 is 0 Å². The molecule has 74 valence electrons. The molecule has 0 N–H and O–H groups in total. The fraction of sp³-hybridized carbons (Fsp3) is 0.333. The van der Waals surface area contributed by atoms with E-state index in [1.807, 2.05) is 18.7 Å². The zero-order chi connectivity index (χ0) is 10.3. The molecule has 0 aromatic carbocycles. The summed E-state index contributed by atoms with van der Waals surface area (Å²) in [5.74, 6) is -0.296. The molecule has 2 aromatic rings. The molecule has 4 nitrogen and oxygen atoms in total. The Hall–Kier alpha value is -1.36. The lowest BCUT2D eigenvalue weighted by Gasteiger charge is -1.93. The van der Waals surface area contributed by atoms with Gasteiger partial charge < -0.3 is 4.74 Å². The van der Waals surface area contributed by atoms with Crippen molar-refractivity contribution in [1.82, 2.24) is 9.78 Å². The molecule has 0 aliphatic rings. The number of hydrogen-bond acceptors (Lipinski definition) is 4. The summed E-state index contributed by atoms with van der Waals surface area (Å²) in [4.78, 5) is 11.8. The van der Waals surface area contributed by atoms with Gasteiger partial charge in [0.15, 0.2) is 0 Å². The van der Waals surface area contributed by atoms with Crippen LogP contribution in [0.1, 0.15) is 15.4 Å². The maximum atomic E-state index is 11.2. The van der Waals surface area contributed by atoms with Crippen LogP contribution in [0.4, 0.5) is 0 Å². The normalized spacial score (nSPS) is 10.8. The first-order chi connectivity index (χ1) is 6.63. The SMILES string of the molecule is COC(=O)c1cc2nn(C)c(C)c2s1. The average molecular weight is 210 g/mol. The lowest BCUT2D eigenvalue weighted by Crippen LogP contribution is -1.97. The van der Waals surface area contributed by atoms with Gasteiger partial charge in [0.05, 0.1) is 17.5 Å².